The Morgan fingerprint density at radius 1 is 1.08 bits per heavy atom. The van der Waals surface area contributed by atoms with E-state index in [-0.39, 0.29) is 5.91 Å². The van der Waals surface area contributed by atoms with Gasteiger partial charge in [-0.15, -0.1) is 0 Å². The molecule has 5 nitrogen and oxygen atoms in total. The van der Waals surface area contributed by atoms with Crippen LogP contribution in [0.4, 0.5) is 0 Å². The first-order valence-corrected chi connectivity index (χ1v) is 7.87. The number of benzene rings is 2. The van der Waals surface area contributed by atoms with Gasteiger partial charge in [-0.3, -0.25) is 4.79 Å². The highest BCUT2D eigenvalue weighted by Gasteiger charge is 2.05. The Bertz CT molecular complexity index is 753. The predicted octanol–water partition coefficient (Wildman–Crippen LogP) is 3.07. The summed E-state index contributed by atoms with van der Waals surface area (Å²) in [5.41, 5.74) is 1.61. The minimum absolute atomic E-state index is 0.0770. The lowest BCUT2D eigenvalue weighted by atomic mass is 10.2. The summed E-state index contributed by atoms with van der Waals surface area (Å²) >= 11 is 0. The summed E-state index contributed by atoms with van der Waals surface area (Å²) in [4.78, 5) is 16.1. The number of imidazole rings is 1. The maximum absolute atomic E-state index is 12.1. The number of aromatic nitrogens is 2. The van der Waals surface area contributed by atoms with Crippen LogP contribution in [0.15, 0.2) is 73.3 Å². The molecule has 24 heavy (non-hydrogen) atoms. The van der Waals surface area contributed by atoms with E-state index in [4.69, 9.17) is 4.74 Å². The Morgan fingerprint density at radius 3 is 2.58 bits per heavy atom. The van der Waals surface area contributed by atoms with Gasteiger partial charge in [-0.2, -0.15) is 0 Å². The third-order valence-corrected chi connectivity index (χ3v) is 3.55. The zero-order valence-electron chi connectivity index (χ0n) is 13.3. The second-order valence-corrected chi connectivity index (χ2v) is 5.29. The smallest absolute Gasteiger partial charge is 0.251 e. The zero-order valence-corrected chi connectivity index (χ0v) is 13.3. The Balaban J connectivity index is 1.42. The molecule has 1 heterocycles. The van der Waals surface area contributed by atoms with E-state index in [2.05, 4.69) is 10.3 Å². The van der Waals surface area contributed by atoms with Crippen LogP contribution in [-0.2, 0) is 0 Å². The van der Waals surface area contributed by atoms with Crippen molar-refractivity contribution in [2.24, 2.45) is 0 Å². The molecule has 0 aliphatic heterocycles. The van der Waals surface area contributed by atoms with Crippen LogP contribution in [0.3, 0.4) is 0 Å². The zero-order chi connectivity index (χ0) is 16.6. The molecule has 0 radical (unpaired) electrons. The van der Waals surface area contributed by atoms with Crippen molar-refractivity contribution in [3.8, 4) is 11.4 Å². The molecule has 0 fully saturated rings. The molecule has 2 aromatic carbocycles. The molecule has 3 rings (SSSR count). The fourth-order valence-corrected chi connectivity index (χ4v) is 2.28. The van der Waals surface area contributed by atoms with Gasteiger partial charge in [0.2, 0.25) is 0 Å². The molecule has 0 aliphatic carbocycles. The molecule has 5 heteroatoms. The van der Waals surface area contributed by atoms with Crippen LogP contribution in [0.5, 0.6) is 5.75 Å². The highest BCUT2D eigenvalue weighted by Crippen LogP contribution is 2.10. The van der Waals surface area contributed by atoms with Gasteiger partial charge in [-0.1, -0.05) is 18.2 Å². The number of rotatable bonds is 7. The number of amides is 1. The second kappa shape index (κ2) is 7.97. The molecule has 1 N–H and O–H groups in total. The first kappa shape index (κ1) is 15.8. The lowest BCUT2D eigenvalue weighted by molar-refractivity contribution is 0.0951. The highest BCUT2D eigenvalue weighted by molar-refractivity contribution is 5.94. The summed E-state index contributed by atoms with van der Waals surface area (Å²) in [6.07, 6.45) is 6.06. The van der Waals surface area contributed by atoms with Gasteiger partial charge in [-0.05, 0) is 42.8 Å². The minimum atomic E-state index is -0.0770. The number of carbonyl (C=O) groups excluding carboxylic acids is 1. The van der Waals surface area contributed by atoms with E-state index in [1.165, 1.54) is 0 Å². The predicted molar refractivity (Wildman–Crippen MR) is 92.5 cm³/mol. The second-order valence-electron chi connectivity index (χ2n) is 5.29. The van der Waals surface area contributed by atoms with Gasteiger partial charge in [-0.25, -0.2) is 4.98 Å². The third-order valence-electron chi connectivity index (χ3n) is 3.55. The standard InChI is InChI=1S/C19H19N3O2/c23-19(21-11-4-14-24-18-5-2-1-3-6-18)16-7-9-17(10-8-16)22-13-12-20-15-22/h1-3,5-10,12-13,15H,4,11,14H2,(H,21,23). The van der Waals surface area contributed by atoms with Crippen LogP contribution in [0.2, 0.25) is 0 Å². The number of hydrogen-bond acceptors (Lipinski definition) is 3. The van der Waals surface area contributed by atoms with Crippen molar-refractivity contribution >= 4 is 5.91 Å². The Morgan fingerprint density at radius 2 is 1.88 bits per heavy atom. The molecular weight excluding hydrogens is 302 g/mol. The SMILES string of the molecule is O=C(NCCCOc1ccccc1)c1ccc(-n2ccnc2)cc1. The highest BCUT2D eigenvalue weighted by atomic mass is 16.5. The summed E-state index contributed by atoms with van der Waals surface area (Å²) < 4.78 is 7.48. The van der Waals surface area contributed by atoms with E-state index in [0.29, 0.717) is 18.7 Å². The number of hydrogen-bond donors (Lipinski definition) is 1. The molecule has 122 valence electrons. The van der Waals surface area contributed by atoms with E-state index in [1.54, 1.807) is 12.5 Å². The summed E-state index contributed by atoms with van der Waals surface area (Å²) in [5, 5.41) is 2.90. The first-order valence-electron chi connectivity index (χ1n) is 7.87. The van der Waals surface area contributed by atoms with Gasteiger partial charge >= 0.3 is 0 Å². The van der Waals surface area contributed by atoms with Crippen molar-refractivity contribution < 1.29 is 9.53 Å². The average Bonchev–Trinajstić information content (AvgIpc) is 3.17. The molecule has 0 bridgehead atoms. The minimum Gasteiger partial charge on any atom is -0.494 e. The molecular formula is C19H19N3O2. The molecule has 0 saturated heterocycles. The van der Waals surface area contributed by atoms with Crippen molar-refractivity contribution in [2.75, 3.05) is 13.2 Å². The molecule has 0 atom stereocenters. The Labute approximate surface area is 140 Å². The van der Waals surface area contributed by atoms with Gasteiger partial charge < -0.3 is 14.6 Å². The van der Waals surface area contributed by atoms with Crippen molar-refractivity contribution in [3.05, 3.63) is 78.9 Å². The monoisotopic (exact) mass is 321 g/mol. The molecule has 0 saturated carbocycles. The van der Waals surface area contributed by atoms with Crippen LogP contribution >= 0.6 is 0 Å². The van der Waals surface area contributed by atoms with E-state index in [9.17, 15) is 4.79 Å². The van der Waals surface area contributed by atoms with Gasteiger partial charge in [0.25, 0.3) is 5.91 Å². The molecule has 1 aromatic heterocycles. The van der Waals surface area contributed by atoms with Gasteiger partial charge in [0.1, 0.15) is 5.75 Å². The Kier molecular flexibility index (Phi) is 5.24. The average molecular weight is 321 g/mol. The van der Waals surface area contributed by atoms with Crippen molar-refractivity contribution in [2.45, 2.75) is 6.42 Å². The number of nitrogens with one attached hydrogen (secondary N) is 1. The molecule has 0 spiro atoms. The van der Waals surface area contributed by atoms with Crippen molar-refractivity contribution in [1.29, 1.82) is 0 Å². The fraction of sp³-hybridized carbons (Fsp3) is 0.158. The van der Waals surface area contributed by atoms with Gasteiger partial charge in [0.15, 0.2) is 0 Å². The quantitative estimate of drug-likeness (QED) is 0.680. The Hall–Kier alpha value is -3.08. The fourth-order valence-electron chi connectivity index (χ4n) is 2.28. The van der Waals surface area contributed by atoms with E-state index in [1.807, 2.05) is 65.4 Å². The van der Waals surface area contributed by atoms with Gasteiger partial charge in [0, 0.05) is 30.2 Å². The van der Waals surface area contributed by atoms with E-state index >= 15 is 0 Å². The topological polar surface area (TPSA) is 56.1 Å². The van der Waals surface area contributed by atoms with Crippen LogP contribution in [-0.4, -0.2) is 28.6 Å². The summed E-state index contributed by atoms with van der Waals surface area (Å²) in [7, 11) is 0. The van der Waals surface area contributed by atoms with Crippen molar-refractivity contribution in [3.63, 3.8) is 0 Å². The summed E-state index contributed by atoms with van der Waals surface area (Å²) in [6.45, 7) is 1.15. The number of ether oxygens (including phenoxy) is 1. The van der Waals surface area contributed by atoms with Crippen LogP contribution in [0.1, 0.15) is 16.8 Å². The number of carbonyl (C=O) groups is 1. The molecule has 0 unspecified atom stereocenters. The third kappa shape index (κ3) is 4.23. The lowest BCUT2D eigenvalue weighted by Gasteiger charge is -2.08. The van der Waals surface area contributed by atoms with E-state index < -0.39 is 0 Å². The van der Waals surface area contributed by atoms with Crippen molar-refractivity contribution in [1.82, 2.24) is 14.9 Å². The van der Waals surface area contributed by atoms with E-state index in [0.717, 1.165) is 17.9 Å². The first-order chi connectivity index (χ1) is 11.8. The van der Waals surface area contributed by atoms with Crippen LogP contribution in [0, 0.1) is 0 Å². The maximum atomic E-state index is 12.1. The molecule has 0 aliphatic rings. The normalized spacial score (nSPS) is 10.3. The number of para-hydroxylation sites is 1. The number of nitrogens with zero attached hydrogens (tertiary/aromatic N) is 2. The molecule has 3 aromatic rings. The van der Waals surface area contributed by atoms with Crippen LogP contribution in [0.25, 0.3) is 5.69 Å². The largest absolute Gasteiger partial charge is 0.494 e. The van der Waals surface area contributed by atoms with Crippen LogP contribution < -0.4 is 10.1 Å². The summed E-state index contributed by atoms with van der Waals surface area (Å²) in [5.74, 6) is 0.769. The maximum Gasteiger partial charge on any atom is 0.251 e. The summed E-state index contributed by atoms with van der Waals surface area (Å²) in [6, 6.07) is 17.1. The molecule has 1 amide bonds. The lowest BCUT2D eigenvalue weighted by Crippen LogP contribution is -2.25. The van der Waals surface area contributed by atoms with Gasteiger partial charge in [0.05, 0.1) is 12.9 Å².